The molecule has 3 rings (SSSR count). The van der Waals surface area contributed by atoms with E-state index in [0.717, 1.165) is 5.56 Å². The molecule has 0 aliphatic carbocycles. The molecule has 3 aromatic carbocycles. The van der Waals surface area contributed by atoms with Gasteiger partial charge in [0.15, 0.2) is 11.5 Å². The lowest BCUT2D eigenvalue weighted by atomic mass is 10.1. The van der Waals surface area contributed by atoms with Crippen molar-refractivity contribution in [1.82, 2.24) is 0 Å². The average Bonchev–Trinajstić information content (AvgIpc) is 2.83. The second kappa shape index (κ2) is 12.8. The fourth-order valence-electron chi connectivity index (χ4n) is 3.17. The molecule has 35 heavy (non-hydrogen) atoms. The van der Waals surface area contributed by atoms with Crippen LogP contribution in [0.3, 0.4) is 0 Å². The van der Waals surface area contributed by atoms with E-state index in [-0.39, 0.29) is 5.57 Å². The Morgan fingerprint density at radius 1 is 1.06 bits per heavy atom. The summed E-state index contributed by atoms with van der Waals surface area (Å²) in [5.74, 6) is 1.18. The number of amides is 1. The number of nitrogens with one attached hydrogen (secondary N) is 1. The zero-order valence-corrected chi connectivity index (χ0v) is 21.7. The van der Waals surface area contributed by atoms with Crippen molar-refractivity contribution in [2.45, 2.75) is 20.5 Å². The van der Waals surface area contributed by atoms with E-state index in [4.69, 9.17) is 25.8 Å². The van der Waals surface area contributed by atoms with E-state index in [1.165, 1.54) is 6.08 Å². The van der Waals surface area contributed by atoms with Crippen LogP contribution in [0.2, 0.25) is 5.02 Å². The van der Waals surface area contributed by atoms with Gasteiger partial charge in [-0.3, -0.25) is 4.79 Å². The van der Waals surface area contributed by atoms with Gasteiger partial charge in [0.1, 0.15) is 24.0 Å². The fraction of sp³-hybridized carbons (Fsp3) is 0.185. The first-order valence-corrected chi connectivity index (χ1v) is 12.1. The van der Waals surface area contributed by atoms with Crippen molar-refractivity contribution in [3.05, 3.63) is 86.9 Å². The van der Waals surface area contributed by atoms with Gasteiger partial charge in [-0.2, -0.15) is 5.26 Å². The number of anilines is 1. The normalized spacial score (nSPS) is 10.9. The molecule has 0 heterocycles. The van der Waals surface area contributed by atoms with Crippen molar-refractivity contribution >= 4 is 45.2 Å². The second-order valence-corrected chi connectivity index (χ2v) is 8.55. The third kappa shape index (κ3) is 7.51. The number of benzene rings is 3. The molecule has 0 atom stereocenters. The number of rotatable bonds is 10. The molecule has 1 N–H and O–H groups in total. The lowest BCUT2D eigenvalue weighted by Gasteiger charge is -2.15. The molecule has 0 saturated carbocycles. The van der Waals surface area contributed by atoms with Crippen molar-refractivity contribution in [3.8, 4) is 23.3 Å². The highest BCUT2D eigenvalue weighted by atomic mass is 79.9. The Morgan fingerprint density at radius 3 is 2.46 bits per heavy atom. The van der Waals surface area contributed by atoms with Crippen LogP contribution in [-0.4, -0.2) is 19.1 Å². The highest BCUT2D eigenvalue weighted by Gasteiger charge is 2.15. The molecule has 8 heteroatoms. The van der Waals surface area contributed by atoms with Gasteiger partial charge in [-0.15, -0.1) is 0 Å². The highest BCUT2D eigenvalue weighted by molar-refractivity contribution is 9.10. The molecule has 0 saturated heterocycles. The topological polar surface area (TPSA) is 80.6 Å². The van der Waals surface area contributed by atoms with E-state index in [0.29, 0.717) is 57.8 Å². The zero-order chi connectivity index (χ0) is 25.2. The predicted molar refractivity (Wildman–Crippen MR) is 141 cm³/mol. The number of halogens is 2. The van der Waals surface area contributed by atoms with Crippen LogP contribution >= 0.6 is 27.5 Å². The summed E-state index contributed by atoms with van der Waals surface area (Å²) >= 11 is 9.58. The van der Waals surface area contributed by atoms with Crippen LogP contribution in [0.25, 0.3) is 6.08 Å². The minimum absolute atomic E-state index is 0.0548. The maximum absolute atomic E-state index is 12.7. The maximum Gasteiger partial charge on any atom is 0.266 e. The molecule has 0 aromatic heterocycles. The molecule has 1 amide bonds. The van der Waals surface area contributed by atoms with Crippen LogP contribution in [0.5, 0.6) is 17.2 Å². The van der Waals surface area contributed by atoms with Crippen molar-refractivity contribution in [2.75, 3.05) is 18.5 Å². The summed E-state index contributed by atoms with van der Waals surface area (Å²) in [6.07, 6.45) is 1.50. The number of carbonyl (C=O) groups is 1. The Labute approximate surface area is 218 Å². The van der Waals surface area contributed by atoms with Crippen LogP contribution in [0.1, 0.15) is 25.0 Å². The van der Waals surface area contributed by atoms with Crippen LogP contribution in [0, 0.1) is 11.3 Å². The van der Waals surface area contributed by atoms with E-state index in [1.54, 1.807) is 42.5 Å². The standard InChI is InChI=1S/C27H24BrClN2O4/c1-3-33-23-10-8-22(9-11-23)31-27(32)20(16-30)12-19-14-24(28)26(25(15-19)34-4-2)35-17-18-6-5-7-21(29)13-18/h5-15H,3-4,17H2,1-2H3,(H,31,32)/b20-12+. The number of carbonyl (C=O) groups excluding carboxylic acids is 1. The van der Waals surface area contributed by atoms with Gasteiger partial charge in [0.05, 0.1) is 17.7 Å². The lowest BCUT2D eigenvalue weighted by molar-refractivity contribution is -0.112. The van der Waals surface area contributed by atoms with Crippen LogP contribution in [-0.2, 0) is 11.4 Å². The van der Waals surface area contributed by atoms with E-state index in [9.17, 15) is 10.1 Å². The van der Waals surface area contributed by atoms with Gasteiger partial charge in [0, 0.05) is 10.7 Å². The second-order valence-electron chi connectivity index (χ2n) is 7.26. The summed E-state index contributed by atoms with van der Waals surface area (Å²) < 4.78 is 17.8. The van der Waals surface area contributed by atoms with Gasteiger partial charge < -0.3 is 19.5 Å². The van der Waals surface area contributed by atoms with Gasteiger partial charge in [-0.25, -0.2) is 0 Å². The quantitative estimate of drug-likeness (QED) is 0.215. The first-order chi connectivity index (χ1) is 16.9. The number of nitriles is 1. The number of ether oxygens (including phenoxy) is 3. The Morgan fingerprint density at radius 2 is 1.80 bits per heavy atom. The predicted octanol–water partition coefficient (Wildman–Crippen LogP) is 7.02. The Bertz CT molecular complexity index is 1250. The van der Waals surface area contributed by atoms with Crippen molar-refractivity contribution in [1.29, 1.82) is 5.26 Å². The third-order valence-corrected chi connectivity index (χ3v) is 5.53. The third-order valence-electron chi connectivity index (χ3n) is 4.70. The maximum atomic E-state index is 12.7. The van der Waals surface area contributed by atoms with Crippen molar-refractivity contribution in [2.24, 2.45) is 0 Å². The van der Waals surface area contributed by atoms with E-state index in [1.807, 2.05) is 38.1 Å². The Balaban J connectivity index is 1.80. The fourth-order valence-corrected chi connectivity index (χ4v) is 3.96. The van der Waals surface area contributed by atoms with Crippen LogP contribution < -0.4 is 19.5 Å². The van der Waals surface area contributed by atoms with Crippen LogP contribution in [0.15, 0.2) is 70.7 Å². The summed E-state index contributed by atoms with van der Waals surface area (Å²) in [5.41, 5.74) is 2.02. The molecular weight excluding hydrogens is 532 g/mol. The van der Waals surface area contributed by atoms with Gasteiger partial charge in [0.25, 0.3) is 5.91 Å². The zero-order valence-electron chi connectivity index (χ0n) is 19.3. The average molecular weight is 556 g/mol. The first-order valence-electron chi connectivity index (χ1n) is 10.9. The Kier molecular flexibility index (Phi) is 9.59. The molecule has 0 fully saturated rings. The molecule has 0 radical (unpaired) electrons. The van der Waals surface area contributed by atoms with Gasteiger partial charge in [-0.1, -0.05) is 23.7 Å². The van der Waals surface area contributed by atoms with Gasteiger partial charge in [-0.05, 0) is 95.5 Å². The van der Waals surface area contributed by atoms with Crippen LogP contribution in [0.4, 0.5) is 5.69 Å². The molecular formula is C27H24BrClN2O4. The van der Waals surface area contributed by atoms with Gasteiger partial charge >= 0.3 is 0 Å². The number of hydrogen-bond acceptors (Lipinski definition) is 5. The molecule has 180 valence electrons. The van der Waals surface area contributed by atoms with E-state index < -0.39 is 5.91 Å². The molecule has 0 aliphatic heterocycles. The lowest BCUT2D eigenvalue weighted by Crippen LogP contribution is -2.13. The number of nitrogens with zero attached hydrogens (tertiary/aromatic N) is 1. The Hall–Kier alpha value is -3.47. The summed E-state index contributed by atoms with van der Waals surface area (Å²) in [6, 6.07) is 19.8. The molecule has 3 aromatic rings. The molecule has 0 unspecified atom stereocenters. The first kappa shape index (κ1) is 26.1. The number of hydrogen-bond donors (Lipinski definition) is 1. The van der Waals surface area contributed by atoms with E-state index >= 15 is 0 Å². The molecule has 0 aliphatic rings. The molecule has 0 spiro atoms. The van der Waals surface area contributed by atoms with Gasteiger partial charge in [0.2, 0.25) is 0 Å². The molecule has 0 bridgehead atoms. The summed E-state index contributed by atoms with van der Waals surface area (Å²) in [7, 11) is 0. The van der Waals surface area contributed by atoms with Crippen molar-refractivity contribution in [3.63, 3.8) is 0 Å². The van der Waals surface area contributed by atoms with E-state index in [2.05, 4.69) is 21.2 Å². The highest BCUT2D eigenvalue weighted by Crippen LogP contribution is 2.38. The minimum atomic E-state index is -0.521. The minimum Gasteiger partial charge on any atom is -0.494 e. The molecule has 6 nitrogen and oxygen atoms in total. The summed E-state index contributed by atoms with van der Waals surface area (Å²) in [4.78, 5) is 12.7. The summed E-state index contributed by atoms with van der Waals surface area (Å²) in [6.45, 7) is 5.02. The largest absolute Gasteiger partial charge is 0.494 e. The SMILES string of the molecule is CCOc1ccc(NC(=O)/C(C#N)=C/c2cc(Br)c(OCc3cccc(Cl)c3)c(OCC)c2)cc1. The van der Waals surface area contributed by atoms with Crippen molar-refractivity contribution < 1.29 is 19.0 Å². The smallest absolute Gasteiger partial charge is 0.266 e. The summed E-state index contributed by atoms with van der Waals surface area (Å²) in [5, 5.41) is 13.0. The monoisotopic (exact) mass is 554 g/mol.